The Hall–Kier alpha value is -2.10. The lowest BCUT2D eigenvalue weighted by Gasteiger charge is -1.99. The van der Waals surface area contributed by atoms with E-state index in [1.54, 1.807) is 6.08 Å². The quantitative estimate of drug-likeness (QED) is 0.748. The first-order chi connectivity index (χ1) is 7.59. The van der Waals surface area contributed by atoms with Gasteiger partial charge in [-0.05, 0) is 24.1 Å². The molecule has 0 aliphatic carbocycles. The van der Waals surface area contributed by atoms with Gasteiger partial charge in [0.2, 0.25) is 5.91 Å². The first-order valence-electron chi connectivity index (χ1n) is 4.83. The lowest BCUT2D eigenvalue weighted by atomic mass is 10.1. The van der Waals surface area contributed by atoms with Gasteiger partial charge in [0.05, 0.1) is 0 Å². The largest absolute Gasteiger partial charge is 0.480 e. The number of carbonyl (C=O) groups is 2. The summed E-state index contributed by atoms with van der Waals surface area (Å²) >= 11 is 0. The Morgan fingerprint density at radius 3 is 2.69 bits per heavy atom. The zero-order chi connectivity index (χ0) is 12.0. The molecule has 0 heterocycles. The maximum absolute atomic E-state index is 11.2. The fourth-order valence-corrected chi connectivity index (χ4v) is 1.16. The highest BCUT2D eigenvalue weighted by atomic mass is 16.4. The first-order valence-corrected chi connectivity index (χ1v) is 4.83. The van der Waals surface area contributed by atoms with Crippen LogP contribution in [0.25, 0.3) is 6.08 Å². The van der Waals surface area contributed by atoms with Crippen LogP contribution in [-0.2, 0) is 9.59 Å². The molecule has 4 heteroatoms. The van der Waals surface area contributed by atoms with Crippen molar-refractivity contribution in [1.29, 1.82) is 0 Å². The molecule has 0 atom stereocenters. The van der Waals surface area contributed by atoms with E-state index < -0.39 is 11.9 Å². The Bertz CT molecular complexity index is 424. The molecule has 0 fully saturated rings. The molecule has 0 aliphatic heterocycles. The molecule has 0 saturated carbocycles. The van der Waals surface area contributed by atoms with Crippen LogP contribution in [-0.4, -0.2) is 23.5 Å². The number of rotatable bonds is 4. The maximum Gasteiger partial charge on any atom is 0.322 e. The molecule has 84 valence electrons. The Kier molecular flexibility index (Phi) is 4.27. The third kappa shape index (κ3) is 3.96. The number of carboxylic acid groups (broad SMARTS) is 1. The van der Waals surface area contributed by atoms with Gasteiger partial charge in [0.25, 0.3) is 0 Å². The predicted octanol–water partition coefficient (Wildman–Crippen LogP) is 1.21. The number of carbonyl (C=O) groups excluding carboxylic acids is 1. The van der Waals surface area contributed by atoms with Crippen molar-refractivity contribution in [1.82, 2.24) is 5.32 Å². The van der Waals surface area contributed by atoms with Crippen LogP contribution in [0.5, 0.6) is 0 Å². The Morgan fingerprint density at radius 2 is 2.06 bits per heavy atom. The van der Waals surface area contributed by atoms with E-state index >= 15 is 0 Å². The molecule has 1 rings (SSSR count). The van der Waals surface area contributed by atoms with Crippen LogP contribution in [0.2, 0.25) is 0 Å². The topological polar surface area (TPSA) is 66.4 Å². The molecule has 1 aromatic rings. The molecule has 0 saturated heterocycles. The Labute approximate surface area is 93.6 Å². The zero-order valence-electron chi connectivity index (χ0n) is 8.93. The lowest BCUT2D eigenvalue weighted by Crippen LogP contribution is -2.27. The molecule has 0 aliphatic rings. The van der Waals surface area contributed by atoms with E-state index in [4.69, 9.17) is 5.11 Å². The summed E-state index contributed by atoms with van der Waals surface area (Å²) in [6.45, 7) is 1.58. The van der Waals surface area contributed by atoms with Gasteiger partial charge in [-0.1, -0.05) is 24.3 Å². The minimum Gasteiger partial charge on any atom is -0.480 e. The molecule has 0 bridgehead atoms. The summed E-state index contributed by atoms with van der Waals surface area (Å²) in [5.41, 5.74) is 2.00. The highest BCUT2D eigenvalue weighted by molar-refractivity contribution is 5.93. The van der Waals surface area contributed by atoms with Gasteiger partial charge in [-0.3, -0.25) is 9.59 Å². The summed E-state index contributed by atoms with van der Waals surface area (Å²) in [4.78, 5) is 21.4. The van der Waals surface area contributed by atoms with Gasteiger partial charge in [-0.2, -0.15) is 0 Å². The van der Waals surface area contributed by atoms with E-state index in [0.717, 1.165) is 11.1 Å². The average Bonchev–Trinajstić information content (AvgIpc) is 2.25. The van der Waals surface area contributed by atoms with E-state index in [1.165, 1.54) is 6.08 Å². The van der Waals surface area contributed by atoms with Crippen LogP contribution in [0.4, 0.5) is 0 Å². The highest BCUT2D eigenvalue weighted by Crippen LogP contribution is 2.08. The highest BCUT2D eigenvalue weighted by Gasteiger charge is 1.99. The van der Waals surface area contributed by atoms with Crippen molar-refractivity contribution in [2.75, 3.05) is 6.54 Å². The lowest BCUT2D eigenvalue weighted by molar-refractivity contribution is -0.137. The third-order valence-corrected chi connectivity index (χ3v) is 2.02. The second kappa shape index (κ2) is 5.70. The van der Waals surface area contributed by atoms with Crippen LogP contribution in [0.3, 0.4) is 0 Å². The number of nitrogens with one attached hydrogen (secondary N) is 1. The molecule has 1 amide bonds. The van der Waals surface area contributed by atoms with Gasteiger partial charge in [0, 0.05) is 6.08 Å². The smallest absolute Gasteiger partial charge is 0.322 e. The van der Waals surface area contributed by atoms with Gasteiger partial charge in [-0.15, -0.1) is 0 Å². The van der Waals surface area contributed by atoms with Crippen molar-refractivity contribution in [3.05, 3.63) is 41.5 Å². The second-order valence-electron chi connectivity index (χ2n) is 3.30. The molecule has 2 N–H and O–H groups in total. The minimum absolute atomic E-state index is 0.364. The molecule has 0 unspecified atom stereocenters. The molecule has 0 aromatic heterocycles. The number of carboxylic acids is 1. The first kappa shape index (κ1) is 12.0. The summed E-state index contributed by atoms with van der Waals surface area (Å²) in [7, 11) is 0. The Balaban J connectivity index is 2.57. The van der Waals surface area contributed by atoms with Crippen LogP contribution < -0.4 is 5.32 Å². The van der Waals surface area contributed by atoms with Crippen molar-refractivity contribution in [2.24, 2.45) is 0 Å². The third-order valence-electron chi connectivity index (χ3n) is 2.02. The summed E-state index contributed by atoms with van der Waals surface area (Å²) < 4.78 is 0. The molecule has 4 nitrogen and oxygen atoms in total. The number of aliphatic carboxylic acids is 1. The monoisotopic (exact) mass is 219 g/mol. The normalized spacial score (nSPS) is 10.3. The van der Waals surface area contributed by atoms with Crippen LogP contribution in [0.15, 0.2) is 30.3 Å². The minimum atomic E-state index is -1.06. The second-order valence-corrected chi connectivity index (χ2v) is 3.30. The Morgan fingerprint density at radius 1 is 1.38 bits per heavy atom. The zero-order valence-corrected chi connectivity index (χ0v) is 8.93. The molecule has 0 radical (unpaired) electrons. The number of hydrogen-bond donors (Lipinski definition) is 2. The van der Waals surface area contributed by atoms with Gasteiger partial charge < -0.3 is 10.4 Å². The fourth-order valence-electron chi connectivity index (χ4n) is 1.16. The van der Waals surface area contributed by atoms with E-state index in [-0.39, 0.29) is 6.54 Å². The predicted molar refractivity (Wildman–Crippen MR) is 60.9 cm³/mol. The number of amides is 1. The SMILES string of the molecule is Cc1ccccc1/C=C\C(=O)NCC(=O)O. The van der Waals surface area contributed by atoms with Crippen molar-refractivity contribution in [3.8, 4) is 0 Å². The van der Waals surface area contributed by atoms with E-state index in [2.05, 4.69) is 5.32 Å². The van der Waals surface area contributed by atoms with E-state index in [9.17, 15) is 9.59 Å². The van der Waals surface area contributed by atoms with Gasteiger partial charge in [0.15, 0.2) is 0 Å². The summed E-state index contributed by atoms with van der Waals surface area (Å²) in [6.07, 6.45) is 2.98. The van der Waals surface area contributed by atoms with Crippen LogP contribution in [0, 0.1) is 6.92 Å². The number of aryl methyl sites for hydroxylation is 1. The average molecular weight is 219 g/mol. The van der Waals surface area contributed by atoms with Gasteiger partial charge in [0.1, 0.15) is 6.54 Å². The van der Waals surface area contributed by atoms with Gasteiger partial charge in [-0.25, -0.2) is 0 Å². The fraction of sp³-hybridized carbons (Fsp3) is 0.167. The summed E-state index contributed by atoms with van der Waals surface area (Å²) in [6, 6.07) is 7.62. The molecular weight excluding hydrogens is 206 g/mol. The standard InChI is InChI=1S/C12H13NO3/c1-9-4-2-3-5-10(9)6-7-11(14)13-8-12(15)16/h2-7H,8H2,1H3,(H,13,14)(H,15,16)/b7-6-. The summed E-state index contributed by atoms with van der Waals surface area (Å²) in [5, 5.41) is 10.6. The molecule has 1 aromatic carbocycles. The number of benzene rings is 1. The molecule has 0 spiro atoms. The van der Waals surface area contributed by atoms with E-state index in [1.807, 2.05) is 31.2 Å². The van der Waals surface area contributed by atoms with E-state index in [0.29, 0.717) is 0 Å². The van der Waals surface area contributed by atoms with Crippen molar-refractivity contribution < 1.29 is 14.7 Å². The molecule has 16 heavy (non-hydrogen) atoms. The number of hydrogen-bond acceptors (Lipinski definition) is 2. The van der Waals surface area contributed by atoms with Crippen molar-refractivity contribution >= 4 is 18.0 Å². The van der Waals surface area contributed by atoms with Crippen molar-refractivity contribution in [2.45, 2.75) is 6.92 Å². The summed E-state index contributed by atoms with van der Waals surface area (Å²) in [5.74, 6) is -1.47. The van der Waals surface area contributed by atoms with Crippen LogP contribution in [0.1, 0.15) is 11.1 Å². The van der Waals surface area contributed by atoms with Crippen LogP contribution >= 0.6 is 0 Å². The maximum atomic E-state index is 11.2. The molecular formula is C12H13NO3. The van der Waals surface area contributed by atoms with Gasteiger partial charge >= 0.3 is 5.97 Å². The van der Waals surface area contributed by atoms with Crippen molar-refractivity contribution in [3.63, 3.8) is 0 Å².